The summed E-state index contributed by atoms with van der Waals surface area (Å²) in [6, 6.07) is 2.16. The average molecular weight is 345 g/mol. The molecule has 126 valence electrons. The number of aromatic hydroxyl groups is 3. The molecule has 1 aromatic rings. The van der Waals surface area contributed by atoms with Gasteiger partial charge in [-0.2, -0.15) is 0 Å². The smallest absolute Gasteiger partial charge is 0.409 e. The molecule has 2 amide bonds. The van der Waals surface area contributed by atoms with Gasteiger partial charge in [0.1, 0.15) is 6.61 Å². The normalized spacial score (nSPS) is 14.7. The molecular weight excluding hydrogens is 328 g/mol. The van der Waals surface area contributed by atoms with E-state index in [0.717, 1.165) is 12.1 Å². The molecule has 2 rings (SSSR count). The minimum atomic E-state index is -0.673. The van der Waals surface area contributed by atoms with E-state index in [0.29, 0.717) is 13.1 Å². The van der Waals surface area contributed by atoms with Gasteiger partial charge in [-0.3, -0.25) is 4.79 Å². The Labute approximate surface area is 137 Å². The lowest BCUT2D eigenvalue weighted by atomic mass is 10.1. The maximum absolute atomic E-state index is 12.3. The zero-order valence-corrected chi connectivity index (χ0v) is 13.0. The number of carbonyl (C=O) groups is 2. The van der Waals surface area contributed by atoms with Crippen molar-refractivity contribution in [3.8, 4) is 17.2 Å². The Balaban J connectivity index is 1.97. The maximum atomic E-state index is 12.3. The zero-order chi connectivity index (χ0) is 17.0. The Morgan fingerprint density at radius 3 is 2.09 bits per heavy atom. The maximum Gasteiger partial charge on any atom is 0.409 e. The van der Waals surface area contributed by atoms with Crippen molar-refractivity contribution in [2.24, 2.45) is 0 Å². The number of halogens is 1. The Hall–Kier alpha value is -2.35. The average Bonchev–Trinajstić information content (AvgIpc) is 2.56. The zero-order valence-electron chi connectivity index (χ0n) is 12.2. The van der Waals surface area contributed by atoms with Gasteiger partial charge in [-0.25, -0.2) is 4.79 Å². The summed E-state index contributed by atoms with van der Waals surface area (Å²) in [5.41, 5.74) is 0.0518. The summed E-state index contributed by atoms with van der Waals surface area (Å²) in [7, 11) is 0. The first-order valence-electron chi connectivity index (χ1n) is 6.96. The van der Waals surface area contributed by atoms with Gasteiger partial charge in [0.2, 0.25) is 0 Å². The molecule has 8 nitrogen and oxygen atoms in total. The van der Waals surface area contributed by atoms with Crippen LogP contribution in [0.1, 0.15) is 10.4 Å². The number of piperazine rings is 1. The van der Waals surface area contributed by atoms with Crippen molar-refractivity contribution >= 4 is 23.6 Å². The molecule has 0 atom stereocenters. The predicted molar refractivity (Wildman–Crippen MR) is 81.0 cm³/mol. The number of rotatable bonds is 3. The van der Waals surface area contributed by atoms with Crippen LogP contribution in [0.3, 0.4) is 0 Å². The van der Waals surface area contributed by atoms with Crippen LogP contribution in [-0.2, 0) is 4.74 Å². The van der Waals surface area contributed by atoms with Gasteiger partial charge in [0.05, 0.1) is 5.88 Å². The van der Waals surface area contributed by atoms with Crippen molar-refractivity contribution in [3.63, 3.8) is 0 Å². The lowest BCUT2D eigenvalue weighted by Gasteiger charge is -2.34. The van der Waals surface area contributed by atoms with E-state index < -0.39 is 29.2 Å². The lowest BCUT2D eigenvalue weighted by Crippen LogP contribution is -2.50. The third-order valence-corrected chi connectivity index (χ3v) is 3.60. The van der Waals surface area contributed by atoms with Crippen LogP contribution in [0.25, 0.3) is 0 Å². The summed E-state index contributed by atoms with van der Waals surface area (Å²) >= 11 is 5.45. The van der Waals surface area contributed by atoms with Crippen LogP contribution in [0.15, 0.2) is 12.1 Å². The van der Waals surface area contributed by atoms with Crippen molar-refractivity contribution in [1.29, 1.82) is 0 Å². The molecule has 0 aromatic heterocycles. The summed E-state index contributed by atoms with van der Waals surface area (Å²) in [4.78, 5) is 27.0. The second-order valence-electron chi connectivity index (χ2n) is 4.95. The van der Waals surface area contributed by atoms with Gasteiger partial charge in [0.25, 0.3) is 5.91 Å². The third kappa shape index (κ3) is 3.89. The van der Waals surface area contributed by atoms with Crippen molar-refractivity contribution in [2.75, 3.05) is 38.7 Å². The second kappa shape index (κ2) is 7.28. The number of ether oxygens (including phenoxy) is 1. The molecule has 1 aliphatic rings. The van der Waals surface area contributed by atoms with Crippen molar-refractivity contribution in [1.82, 2.24) is 9.80 Å². The first kappa shape index (κ1) is 17.0. The van der Waals surface area contributed by atoms with Gasteiger partial charge in [0, 0.05) is 31.7 Å². The number of carbonyl (C=O) groups excluding carboxylic acids is 2. The number of amides is 2. The third-order valence-electron chi connectivity index (χ3n) is 3.44. The largest absolute Gasteiger partial charge is 0.504 e. The monoisotopic (exact) mass is 344 g/mol. The molecule has 0 spiro atoms. The standard InChI is InChI=1S/C14H17ClN2O6/c15-1-6-23-14(22)17-4-2-16(3-5-17)13(21)9-7-10(18)12(20)11(19)8-9/h7-8,18-20H,1-6H2. The topological polar surface area (TPSA) is 111 Å². The molecule has 3 N–H and O–H groups in total. The lowest BCUT2D eigenvalue weighted by molar-refractivity contribution is 0.0571. The van der Waals surface area contributed by atoms with Gasteiger partial charge in [0.15, 0.2) is 17.2 Å². The van der Waals surface area contributed by atoms with Crippen LogP contribution in [0.2, 0.25) is 0 Å². The van der Waals surface area contributed by atoms with Crippen LogP contribution >= 0.6 is 11.6 Å². The highest BCUT2D eigenvalue weighted by atomic mass is 35.5. The van der Waals surface area contributed by atoms with E-state index in [-0.39, 0.29) is 31.1 Å². The van der Waals surface area contributed by atoms with Crippen LogP contribution in [-0.4, -0.2) is 75.8 Å². The van der Waals surface area contributed by atoms with Gasteiger partial charge in [-0.05, 0) is 12.1 Å². The molecular formula is C14H17ClN2O6. The number of hydrogen-bond acceptors (Lipinski definition) is 6. The van der Waals surface area contributed by atoms with Gasteiger partial charge >= 0.3 is 6.09 Å². The predicted octanol–water partition coefficient (Wildman–Crippen LogP) is 0.937. The number of benzene rings is 1. The van der Waals surface area contributed by atoms with Crippen LogP contribution < -0.4 is 0 Å². The molecule has 0 unspecified atom stereocenters. The number of hydrogen-bond donors (Lipinski definition) is 3. The molecule has 0 aliphatic carbocycles. The van der Waals surface area contributed by atoms with E-state index in [4.69, 9.17) is 16.3 Å². The van der Waals surface area contributed by atoms with Crippen LogP contribution in [0.5, 0.6) is 17.2 Å². The van der Waals surface area contributed by atoms with E-state index in [9.17, 15) is 24.9 Å². The summed E-state index contributed by atoms with van der Waals surface area (Å²) in [5, 5.41) is 28.2. The van der Waals surface area contributed by atoms with Gasteiger partial charge < -0.3 is 29.9 Å². The van der Waals surface area contributed by atoms with Crippen LogP contribution in [0, 0.1) is 0 Å². The Kier molecular flexibility index (Phi) is 5.38. The van der Waals surface area contributed by atoms with Crippen LogP contribution in [0.4, 0.5) is 4.79 Å². The summed E-state index contributed by atoms with van der Waals surface area (Å²) < 4.78 is 4.91. The fraction of sp³-hybridized carbons (Fsp3) is 0.429. The second-order valence-corrected chi connectivity index (χ2v) is 5.32. The van der Waals surface area contributed by atoms with E-state index in [1.54, 1.807) is 0 Å². The SMILES string of the molecule is O=C(OCCCl)N1CCN(C(=O)c2cc(O)c(O)c(O)c2)CC1. The summed E-state index contributed by atoms with van der Waals surface area (Å²) in [6.45, 7) is 1.33. The molecule has 1 aliphatic heterocycles. The van der Waals surface area contributed by atoms with Gasteiger partial charge in [-0.1, -0.05) is 0 Å². The van der Waals surface area contributed by atoms with Crippen molar-refractivity contribution in [2.45, 2.75) is 0 Å². The van der Waals surface area contributed by atoms with Gasteiger partial charge in [-0.15, -0.1) is 11.6 Å². The minimum Gasteiger partial charge on any atom is -0.504 e. The van der Waals surface area contributed by atoms with E-state index in [1.807, 2.05) is 0 Å². The molecule has 1 heterocycles. The molecule has 1 fully saturated rings. The Morgan fingerprint density at radius 1 is 1.04 bits per heavy atom. The molecule has 9 heteroatoms. The highest BCUT2D eigenvalue weighted by molar-refractivity contribution is 6.18. The molecule has 1 aromatic carbocycles. The molecule has 0 bridgehead atoms. The summed E-state index contributed by atoms with van der Waals surface area (Å²) in [6.07, 6.45) is -0.474. The van der Waals surface area contributed by atoms with Crippen molar-refractivity contribution < 1.29 is 29.6 Å². The Bertz CT molecular complexity index is 578. The highest BCUT2D eigenvalue weighted by Gasteiger charge is 2.26. The highest BCUT2D eigenvalue weighted by Crippen LogP contribution is 2.35. The molecule has 23 heavy (non-hydrogen) atoms. The fourth-order valence-electron chi connectivity index (χ4n) is 2.22. The van der Waals surface area contributed by atoms with E-state index >= 15 is 0 Å². The molecule has 1 saturated heterocycles. The fourth-order valence-corrected chi connectivity index (χ4v) is 2.30. The number of alkyl halides is 1. The van der Waals surface area contributed by atoms with Crippen molar-refractivity contribution in [3.05, 3.63) is 17.7 Å². The Morgan fingerprint density at radius 2 is 1.57 bits per heavy atom. The number of phenolic OH excluding ortho intramolecular Hbond substituents is 3. The number of phenols is 3. The first-order chi connectivity index (χ1) is 10.9. The van der Waals surface area contributed by atoms with E-state index in [2.05, 4.69) is 0 Å². The first-order valence-corrected chi connectivity index (χ1v) is 7.49. The summed E-state index contributed by atoms with van der Waals surface area (Å²) in [5.74, 6) is -2.01. The molecule has 0 radical (unpaired) electrons. The minimum absolute atomic E-state index is 0.0518. The quantitative estimate of drug-likeness (QED) is 0.556. The number of nitrogens with zero attached hydrogens (tertiary/aromatic N) is 2. The van der Waals surface area contributed by atoms with E-state index in [1.165, 1.54) is 9.80 Å². The molecule has 0 saturated carbocycles.